The van der Waals surface area contributed by atoms with Gasteiger partial charge in [0, 0.05) is 17.7 Å². The number of anilines is 3. The Morgan fingerprint density at radius 3 is 2.62 bits per heavy atom. The standard InChI is InChI=1S/C21H28N6O5S2/c1-12(2)8-15(10-28)22-19-24-20(27-34(3,31)32)26-21(25-19)33-11-17(29)14-4-6-16-13(9-14)5-7-18(30)23-16/h4,6,9,12,15,28H,5,7-8,10-11H2,1-3H3,(H,23,30)(H2,22,24,25,26,27)/t15-/m1/s1. The summed E-state index contributed by atoms with van der Waals surface area (Å²) in [5.41, 5.74) is 2.12. The first kappa shape index (κ1) is 25.8. The lowest BCUT2D eigenvalue weighted by Gasteiger charge is -2.18. The number of hydrogen-bond acceptors (Lipinski definition) is 10. The topological polar surface area (TPSA) is 163 Å². The smallest absolute Gasteiger partial charge is 0.242 e. The van der Waals surface area contributed by atoms with Crippen molar-refractivity contribution in [3.8, 4) is 0 Å². The van der Waals surface area contributed by atoms with Crippen molar-refractivity contribution in [1.82, 2.24) is 15.0 Å². The summed E-state index contributed by atoms with van der Waals surface area (Å²) < 4.78 is 25.6. The highest BCUT2D eigenvalue weighted by Gasteiger charge is 2.19. The molecule has 0 saturated heterocycles. The van der Waals surface area contributed by atoms with Gasteiger partial charge < -0.3 is 15.7 Å². The van der Waals surface area contributed by atoms with E-state index >= 15 is 0 Å². The van der Waals surface area contributed by atoms with Gasteiger partial charge in [-0.25, -0.2) is 8.42 Å². The summed E-state index contributed by atoms with van der Waals surface area (Å²) in [6.45, 7) is 3.87. The fourth-order valence-corrected chi connectivity index (χ4v) is 4.55. The molecule has 3 rings (SSSR count). The van der Waals surface area contributed by atoms with Crippen LogP contribution >= 0.6 is 11.8 Å². The second-order valence-electron chi connectivity index (χ2n) is 8.42. The van der Waals surface area contributed by atoms with E-state index in [1.165, 1.54) is 0 Å². The number of sulfonamides is 1. The number of carbonyl (C=O) groups is 2. The normalized spacial score (nSPS) is 14.3. The second kappa shape index (κ2) is 11.1. The van der Waals surface area contributed by atoms with Gasteiger partial charge in [0.1, 0.15) is 0 Å². The van der Waals surface area contributed by atoms with Gasteiger partial charge in [-0.2, -0.15) is 15.0 Å². The summed E-state index contributed by atoms with van der Waals surface area (Å²) in [6.07, 6.45) is 2.58. The maximum absolute atomic E-state index is 12.8. The molecule has 0 aliphatic carbocycles. The average molecular weight is 509 g/mol. The van der Waals surface area contributed by atoms with Gasteiger partial charge in [0.05, 0.1) is 24.7 Å². The molecule has 1 aliphatic rings. The number of hydrogen-bond donors (Lipinski definition) is 4. The molecule has 2 heterocycles. The number of fused-ring (bicyclic) bond motifs is 1. The van der Waals surface area contributed by atoms with Crippen molar-refractivity contribution in [2.45, 2.75) is 44.3 Å². The molecule has 0 fully saturated rings. The van der Waals surface area contributed by atoms with Crippen LogP contribution in [0.3, 0.4) is 0 Å². The highest BCUT2D eigenvalue weighted by molar-refractivity contribution is 7.99. The molecule has 0 saturated carbocycles. The van der Waals surface area contributed by atoms with Gasteiger partial charge in [-0.15, -0.1) is 0 Å². The molecule has 1 aromatic carbocycles. The van der Waals surface area contributed by atoms with Crippen LogP contribution in [0.4, 0.5) is 17.6 Å². The molecule has 1 amide bonds. The van der Waals surface area contributed by atoms with Crippen LogP contribution < -0.4 is 15.4 Å². The van der Waals surface area contributed by atoms with E-state index in [2.05, 4.69) is 30.3 Å². The fraction of sp³-hybridized carbons (Fsp3) is 0.476. The van der Waals surface area contributed by atoms with Gasteiger partial charge in [0.2, 0.25) is 27.8 Å². The SMILES string of the molecule is CC(C)C[C@H](CO)Nc1nc(NS(C)(=O)=O)nc(SCC(=O)c2ccc3c(c2)CCC(=O)N3)n1. The molecule has 0 radical (unpaired) electrons. The minimum atomic E-state index is -3.64. The molecule has 0 spiro atoms. The van der Waals surface area contributed by atoms with Crippen LogP contribution in [-0.4, -0.2) is 64.8 Å². The first-order valence-corrected chi connectivity index (χ1v) is 13.6. The summed E-state index contributed by atoms with van der Waals surface area (Å²) >= 11 is 1.05. The summed E-state index contributed by atoms with van der Waals surface area (Å²) in [4.78, 5) is 36.8. The van der Waals surface area contributed by atoms with Crippen LogP contribution in [0.2, 0.25) is 0 Å². The maximum Gasteiger partial charge on any atom is 0.242 e. The number of carbonyl (C=O) groups excluding carboxylic acids is 2. The molecule has 13 heteroatoms. The number of benzene rings is 1. The highest BCUT2D eigenvalue weighted by Crippen LogP contribution is 2.25. The fourth-order valence-electron chi connectivity index (χ4n) is 3.40. The zero-order valence-electron chi connectivity index (χ0n) is 19.2. The van der Waals surface area contributed by atoms with Gasteiger partial charge in [-0.1, -0.05) is 25.6 Å². The third kappa shape index (κ3) is 7.64. The third-order valence-electron chi connectivity index (χ3n) is 4.86. The van der Waals surface area contributed by atoms with Crippen LogP contribution in [0.25, 0.3) is 0 Å². The summed E-state index contributed by atoms with van der Waals surface area (Å²) in [6, 6.07) is 4.81. The zero-order valence-corrected chi connectivity index (χ0v) is 20.8. The lowest BCUT2D eigenvalue weighted by atomic mass is 9.99. The summed E-state index contributed by atoms with van der Waals surface area (Å²) in [5, 5.41) is 15.6. The Balaban J connectivity index is 1.76. The number of nitrogens with zero attached hydrogens (tertiary/aromatic N) is 3. The number of rotatable bonds is 11. The molecule has 0 bridgehead atoms. The van der Waals surface area contributed by atoms with Crippen molar-refractivity contribution in [1.29, 1.82) is 0 Å². The molecule has 1 aliphatic heterocycles. The first-order chi connectivity index (χ1) is 16.0. The van der Waals surface area contributed by atoms with Gasteiger partial charge in [-0.05, 0) is 42.5 Å². The molecule has 2 aromatic rings. The van der Waals surface area contributed by atoms with Gasteiger partial charge in [0.25, 0.3) is 0 Å². The Labute approximate surface area is 202 Å². The monoisotopic (exact) mass is 508 g/mol. The van der Waals surface area contributed by atoms with Crippen LogP contribution in [-0.2, 0) is 21.2 Å². The Hall–Kier alpha value is -2.77. The van der Waals surface area contributed by atoms with E-state index < -0.39 is 10.0 Å². The van der Waals surface area contributed by atoms with Crippen molar-refractivity contribution in [2.24, 2.45) is 5.92 Å². The predicted molar refractivity (Wildman–Crippen MR) is 131 cm³/mol. The number of amides is 1. The molecular formula is C21H28N6O5S2. The number of thioether (sulfide) groups is 1. The number of aliphatic hydroxyl groups excluding tert-OH is 1. The van der Waals surface area contributed by atoms with Gasteiger partial charge in [0.15, 0.2) is 10.9 Å². The van der Waals surface area contributed by atoms with Crippen molar-refractivity contribution in [3.63, 3.8) is 0 Å². The predicted octanol–water partition coefficient (Wildman–Crippen LogP) is 1.92. The molecule has 4 N–H and O–H groups in total. The second-order valence-corrected chi connectivity index (χ2v) is 11.1. The number of aliphatic hydroxyl groups is 1. The molecule has 11 nitrogen and oxygen atoms in total. The molecule has 184 valence electrons. The van der Waals surface area contributed by atoms with E-state index in [0.29, 0.717) is 36.4 Å². The zero-order chi connectivity index (χ0) is 24.9. The van der Waals surface area contributed by atoms with E-state index in [1.807, 2.05) is 13.8 Å². The summed E-state index contributed by atoms with van der Waals surface area (Å²) in [7, 11) is -3.64. The number of aromatic nitrogens is 3. The molecule has 1 atom stereocenters. The van der Waals surface area contributed by atoms with Crippen LogP contribution in [0.1, 0.15) is 42.6 Å². The minimum absolute atomic E-state index is 0.0162. The van der Waals surface area contributed by atoms with Gasteiger partial charge >= 0.3 is 0 Å². The number of ketones is 1. The van der Waals surface area contributed by atoms with Crippen molar-refractivity contribution >= 4 is 51.1 Å². The van der Waals surface area contributed by atoms with E-state index in [9.17, 15) is 23.1 Å². The third-order valence-corrected chi connectivity index (χ3v) is 6.26. The summed E-state index contributed by atoms with van der Waals surface area (Å²) in [5.74, 6) is 0.0297. The van der Waals surface area contributed by atoms with Gasteiger partial charge in [-0.3, -0.25) is 14.3 Å². The van der Waals surface area contributed by atoms with E-state index in [-0.39, 0.29) is 47.1 Å². The van der Waals surface area contributed by atoms with E-state index in [0.717, 1.165) is 23.6 Å². The number of Topliss-reactive ketones (excluding diaryl/α,β-unsaturated/α-hetero) is 1. The first-order valence-electron chi connectivity index (χ1n) is 10.7. The Morgan fingerprint density at radius 2 is 1.94 bits per heavy atom. The number of nitrogens with one attached hydrogen (secondary N) is 3. The van der Waals surface area contributed by atoms with Crippen LogP contribution in [0.5, 0.6) is 0 Å². The quantitative estimate of drug-likeness (QED) is 0.260. The van der Waals surface area contributed by atoms with Crippen LogP contribution in [0, 0.1) is 5.92 Å². The average Bonchev–Trinajstić information content (AvgIpc) is 2.75. The molecule has 0 unspecified atom stereocenters. The molecular weight excluding hydrogens is 480 g/mol. The highest BCUT2D eigenvalue weighted by atomic mass is 32.2. The largest absolute Gasteiger partial charge is 0.394 e. The molecule has 1 aromatic heterocycles. The minimum Gasteiger partial charge on any atom is -0.394 e. The maximum atomic E-state index is 12.8. The Morgan fingerprint density at radius 1 is 1.21 bits per heavy atom. The molecule has 34 heavy (non-hydrogen) atoms. The van der Waals surface area contributed by atoms with Crippen molar-refractivity contribution < 1.29 is 23.1 Å². The van der Waals surface area contributed by atoms with Crippen molar-refractivity contribution in [3.05, 3.63) is 29.3 Å². The Kier molecular flexibility index (Phi) is 8.44. The number of aryl methyl sites for hydroxylation is 1. The van der Waals surface area contributed by atoms with Crippen LogP contribution in [0.15, 0.2) is 23.4 Å². The van der Waals surface area contributed by atoms with E-state index in [1.54, 1.807) is 18.2 Å². The Bertz CT molecular complexity index is 1170. The lowest BCUT2D eigenvalue weighted by molar-refractivity contribution is -0.116. The van der Waals surface area contributed by atoms with Crippen molar-refractivity contribution in [2.75, 3.05) is 34.0 Å². The van der Waals surface area contributed by atoms with E-state index in [4.69, 9.17) is 0 Å². The lowest BCUT2D eigenvalue weighted by Crippen LogP contribution is -2.27.